The van der Waals surface area contributed by atoms with Crippen LogP contribution in [0.5, 0.6) is 0 Å². The Kier molecular flexibility index (Phi) is 4.76. The second kappa shape index (κ2) is 6.10. The first-order chi connectivity index (χ1) is 7.63. The monoisotopic (exact) mass is 225 g/mol. The summed E-state index contributed by atoms with van der Waals surface area (Å²) < 4.78 is 17.7. The number of esters is 1. The van der Waals surface area contributed by atoms with Crippen molar-refractivity contribution in [2.45, 2.75) is 13.8 Å². The minimum Gasteiger partial charge on any atom is -0.466 e. The van der Waals surface area contributed by atoms with Crippen LogP contribution in [0.3, 0.4) is 0 Å². The van der Waals surface area contributed by atoms with Crippen LogP contribution >= 0.6 is 0 Å². The Balaban J connectivity index is 2.42. The fourth-order valence-corrected chi connectivity index (χ4v) is 1.24. The van der Waals surface area contributed by atoms with Crippen molar-refractivity contribution in [3.8, 4) is 0 Å². The number of ether oxygens (including phenoxy) is 1. The minimum absolute atomic E-state index is 0.244. The van der Waals surface area contributed by atoms with Crippen molar-refractivity contribution in [2.24, 2.45) is 5.92 Å². The van der Waals surface area contributed by atoms with E-state index < -0.39 is 0 Å². The van der Waals surface area contributed by atoms with Gasteiger partial charge in [-0.15, -0.1) is 0 Å². The lowest BCUT2D eigenvalue weighted by molar-refractivity contribution is -0.146. The standard InChI is InChI=1S/C12H16FNO2/c1-3-16-12(15)9(2)8-14-11-6-4-5-10(13)7-11/h4-7,9,14H,3,8H2,1-2H3. The van der Waals surface area contributed by atoms with Crippen LogP contribution in [0.4, 0.5) is 10.1 Å². The lowest BCUT2D eigenvalue weighted by atomic mass is 10.2. The minimum atomic E-state index is -0.297. The predicted octanol–water partition coefficient (Wildman–Crippen LogP) is 2.44. The average Bonchev–Trinajstić information content (AvgIpc) is 2.26. The largest absolute Gasteiger partial charge is 0.466 e. The highest BCUT2D eigenvalue weighted by Gasteiger charge is 2.13. The average molecular weight is 225 g/mol. The van der Waals surface area contributed by atoms with Crippen LogP contribution in [0.1, 0.15) is 13.8 Å². The number of carbonyl (C=O) groups is 1. The van der Waals surface area contributed by atoms with Gasteiger partial charge in [-0.25, -0.2) is 4.39 Å². The highest BCUT2D eigenvalue weighted by Crippen LogP contribution is 2.10. The zero-order chi connectivity index (χ0) is 12.0. The molecule has 1 aromatic carbocycles. The molecule has 1 atom stereocenters. The van der Waals surface area contributed by atoms with Crippen molar-refractivity contribution in [1.82, 2.24) is 0 Å². The highest BCUT2D eigenvalue weighted by molar-refractivity contribution is 5.72. The molecule has 0 amide bonds. The third-order valence-corrected chi connectivity index (χ3v) is 2.13. The first-order valence-electron chi connectivity index (χ1n) is 5.29. The SMILES string of the molecule is CCOC(=O)C(C)CNc1cccc(F)c1. The quantitative estimate of drug-likeness (QED) is 0.782. The molecule has 1 N–H and O–H groups in total. The number of hydrogen-bond donors (Lipinski definition) is 1. The summed E-state index contributed by atoms with van der Waals surface area (Å²) in [4.78, 5) is 11.3. The highest BCUT2D eigenvalue weighted by atomic mass is 19.1. The molecule has 1 unspecified atom stereocenters. The molecular formula is C12H16FNO2. The van der Waals surface area contributed by atoms with Crippen LogP contribution in [0.25, 0.3) is 0 Å². The fourth-order valence-electron chi connectivity index (χ4n) is 1.24. The van der Waals surface area contributed by atoms with E-state index in [0.717, 1.165) is 0 Å². The summed E-state index contributed by atoms with van der Waals surface area (Å²) in [5, 5.41) is 2.98. The van der Waals surface area contributed by atoms with Crippen LogP contribution in [0, 0.1) is 11.7 Å². The van der Waals surface area contributed by atoms with Gasteiger partial charge in [0.25, 0.3) is 0 Å². The van der Waals surface area contributed by atoms with Crippen LogP contribution in [-0.4, -0.2) is 19.1 Å². The van der Waals surface area contributed by atoms with E-state index in [4.69, 9.17) is 4.74 Å². The van der Waals surface area contributed by atoms with Gasteiger partial charge in [0.15, 0.2) is 0 Å². The molecule has 16 heavy (non-hydrogen) atoms. The van der Waals surface area contributed by atoms with E-state index >= 15 is 0 Å². The maximum Gasteiger partial charge on any atom is 0.310 e. The number of carbonyl (C=O) groups excluding carboxylic acids is 1. The molecule has 0 bridgehead atoms. The molecule has 0 aliphatic carbocycles. The molecule has 0 aliphatic heterocycles. The van der Waals surface area contributed by atoms with E-state index in [2.05, 4.69) is 5.32 Å². The Labute approximate surface area is 94.6 Å². The summed E-state index contributed by atoms with van der Waals surface area (Å²) in [6.45, 7) is 4.35. The Morgan fingerprint density at radius 1 is 1.56 bits per heavy atom. The molecule has 0 aliphatic rings. The summed E-state index contributed by atoms with van der Waals surface area (Å²) in [6.07, 6.45) is 0. The third-order valence-electron chi connectivity index (χ3n) is 2.13. The summed E-state index contributed by atoms with van der Waals surface area (Å²) in [5.41, 5.74) is 0.663. The van der Waals surface area contributed by atoms with Crippen molar-refractivity contribution in [3.05, 3.63) is 30.1 Å². The fraction of sp³-hybridized carbons (Fsp3) is 0.417. The van der Waals surface area contributed by atoms with Gasteiger partial charge < -0.3 is 10.1 Å². The van der Waals surface area contributed by atoms with E-state index in [1.165, 1.54) is 12.1 Å². The Morgan fingerprint density at radius 2 is 2.31 bits per heavy atom. The van der Waals surface area contributed by atoms with Crippen LogP contribution < -0.4 is 5.32 Å². The zero-order valence-corrected chi connectivity index (χ0v) is 9.50. The van der Waals surface area contributed by atoms with Gasteiger partial charge in [0.1, 0.15) is 5.82 Å². The lowest BCUT2D eigenvalue weighted by Gasteiger charge is -2.12. The van der Waals surface area contributed by atoms with Crippen LogP contribution in [-0.2, 0) is 9.53 Å². The summed E-state index contributed by atoms with van der Waals surface area (Å²) in [5.74, 6) is -0.789. The predicted molar refractivity (Wildman–Crippen MR) is 60.7 cm³/mol. The molecule has 1 aromatic rings. The molecule has 0 spiro atoms. The van der Waals surface area contributed by atoms with Crippen molar-refractivity contribution in [3.63, 3.8) is 0 Å². The van der Waals surface area contributed by atoms with Gasteiger partial charge in [-0.3, -0.25) is 4.79 Å². The first-order valence-corrected chi connectivity index (χ1v) is 5.29. The van der Waals surface area contributed by atoms with Gasteiger partial charge in [0.2, 0.25) is 0 Å². The number of hydrogen-bond acceptors (Lipinski definition) is 3. The van der Waals surface area contributed by atoms with E-state index in [1.54, 1.807) is 26.0 Å². The molecule has 0 heterocycles. The lowest BCUT2D eigenvalue weighted by Crippen LogP contribution is -2.22. The van der Waals surface area contributed by atoms with E-state index in [-0.39, 0.29) is 17.7 Å². The zero-order valence-electron chi connectivity index (χ0n) is 9.50. The Hall–Kier alpha value is -1.58. The molecule has 0 fully saturated rings. The maximum absolute atomic E-state index is 12.8. The molecular weight excluding hydrogens is 209 g/mol. The molecule has 4 heteroatoms. The smallest absolute Gasteiger partial charge is 0.310 e. The van der Waals surface area contributed by atoms with Crippen LogP contribution in [0.15, 0.2) is 24.3 Å². The third kappa shape index (κ3) is 3.88. The van der Waals surface area contributed by atoms with Gasteiger partial charge in [0.05, 0.1) is 12.5 Å². The molecule has 88 valence electrons. The molecule has 0 saturated heterocycles. The number of nitrogens with one attached hydrogen (secondary N) is 1. The summed E-state index contributed by atoms with van der Waals surface area (Å²) in [6, 6.07) is 6.13. The van der Waals surface area contributed by atoms with Gasteiger partial charge in [0, 0.05) is 12.2 Å². The number of benzene rings is 1. The topological polar surface area (TPSA) is 38.3 Å². The second-order valence-electron chi connectivity index (χ2n) is 3.54. The van der Waals surface area contributed by atoms with Gasteiger partial charge in [-0.05, 0) is 25.1 Å². The van der Waals surface area contributed by atoms with Crippen LogP contribution in [0.2, 0.25) is 0 Å². The van der Waals surface area contributed by atoms with Crippen molar-refractivity contribution in [2.75, 3.05) is 18.5 Å². The molecule has 1 rings (SSSR count). The number of halogens is 1. The summed E-state index contributed by atoms with van der Waals surface area (Å²) in [7, 11) is 0. The van der Waals surface area contributed by atoms with E-state index in [1.807, 2.05) is 0 Å². The van der Waals surface area contributed by atoms with Gasteiger partial charge in [-0.1, -0.05) is 13.0 Å². The summed E-state index contributed by atoms with van der Waals surface area (Å²) >= 11 is 0. The van der Waals surface area contributed by atoms with Crippen molar-refractivity contribution < 1.29 is 13.9 Å². The van der Waals surface area contributed by atoms with E-state index in [9.17, 15) is 9.18 Å². The Morgan fingerprint density at radius 3 is 2.94 bits per heavy atom. The van der Waals surface area contributed by atoms with Crippen molar-refractivity contribution >= 4 is 11.7 Å². The molecule has 0 radical (unpaired) electrons. The second-order valence-corrected chi connectivity index (χ2v) is 3.54. The molecule has 0 aromatic heterocycles. The van der Waals surface area contributed by atoms with Gasteiger partial charge >= 0.3 is 5.97 Å². The normalized spacial score (nSPS) is 11.9. The molecule has 3 nitrogen and oxygen atoms in total. The maximum atomic E-state index is 12.8. The number of anilines is 1. The van der Waals surface area contributed by atoms with E-state index in [0.29, 0.717) is 18.8 Å². The Bertz CT molecular complexity index is 355. The van der Waals surface area contributed by atoms with Gasteiger partial charge in [-0.2, -0.15) is 0 Å². The van der Waals surface area contributed by atoms with Crippen molar-refractivity contribution in [1.29, 1.82) is 0 Å². The molecule has 0 saturated carbocycles. The first kappa shape index (κ1) is 12.5. The number of rotatable bonds is 5.